The molecular formula is C13H7Cl2IO. The van der Waals surface area contributed by atoms with E-state index in [1.807, 2.05) is 12.1 Å². The van der Waals surface area contributed by atoms with Gasteiger partial charge in [0.15, 0.2) is 5.78 Å². The maximum atomic E-state index is 12.1. The molecule has 0 fully saturated rings. The van der Waals surface area contributed by atoms with Crippen LogP contribution in [0.1, 0.15) is 15.9 Å². The SMILES string of the molecule is O=C(c1ccc(I)cc1)c1ccc(Cl)c(Cl)c1. The number of hydrogen-bond acceptors (Lipinski definition) is 1. The first kappa shape index (κ1) is 12.9. The molecular weight excluding hydrogens is 370 g/mol. The summed E-state index contributed by atoms with van der Waals surface area (Å²) in [4.78, 5) is 12.1. The highest BCUT2D eigenvalue weighted by molar-refractivity contribution is 14.1. The van der Waals surface area contributed by atoms with E-state index in [1.54, 1.807) is 30.3 Å². The second-order valence-electron chi connectivity index (χ2n) is 3.46. The highest BCUT2D eigenvalue weighted by Crippen LogP contribution is 2.24. The summed E-state index contributed by atoms with van der Waals surface area (Å²) in [5.41, 5.74) is 1.18. The number of rotatable bonds is 2. The van der Waals surface area contributed by atoms with E-state index in [9.17, 15) is 4.79 Å². The van der Waals surface area contributed by atoms with Gasteiger partial charge >= 0.3 is 0 Å². The molecule has 0 aliphatic carbocycles. The monoisotopic (exact) mass is 376 g/mol. The molecule has 0 unspecified atom stereocenters. The lowest BCUT2D eigenvalue weighted by Gasteiger charge is -2.03. The van der Waals surface area contributed by atoms with Crippen LogP contribution in [0.2, 0.25) is 10.0 Å². The molecule has 86 valence electrons. The Morgan fingerprint density at radius 2 is 1.47 bits per heavy atom. The molecule has 0 saturated heterocycles. The van der Waals surface area contributed by atoms with E-state index >= 15 is 0 Å². The third-order valence-corrected chi connectivity index (χ3v) is 3.75. The van der Waals surface area contributed by atoms with Crippen LogP contribution >= 0.6 is 45.8 Å². The molecule has 0 radical (unpaired) electrons. The van der Waals surface area contributed by atoms with Crippen molar-refractivity contribution in [3.63, 3.8) is 0 Å². The van der Waals surface area contributed by atoms with Crippen molar-refractivity contribution in [2.24, 2.45) is 0 Å². The molecule has 0 aliphatic heterocycles. The van der Waals surface area contributed by atoms with Crippen molar-refractivity contribution in [3.05, 3.63) is 67.2 Å². The highest BCUT2D eigenvalue weighted by Gasteiger charge is 2.10. The molecule has 17 heavy (non-hydrogen) atoms. The maximum absolute atomic E-state index is 12.1. The van der Waals surface area contributed by atoms with Crippen molar-refractivity contribution < 1.29 is 4.79 Å². The van der Waals surface area contributed by atoms with E-state index in [4.69, 9.17) is 23.2 Å². The standard InChI is InChI=1S/C13H7Cl2IO/c14-11-6-3-9(7-12(11)15)13(17)8-1-4-10(16)5-2-8/h1-7H. The van der Waals surface area contributed by atoms with Gasteiger partial charge in [0.2, 0.25) is 0 Å². The van der Waals surface area contributed by atoms with Crippen LogP contribution in [-0.4, -0.2) is 5.78 Å². The van der Waals surface area contributed by atoms with Gasteiger partial charge in [-0.15, -0.1) is 0 Å². The number of carbonyl (C=O) groups is 1. The van der Waals surface area contributed by atoms with Crippen LogP contribution in [-0.2, 0) is 0 Å². The van der Waals surface area contributed by atoms with Crippen LogP contribution in [0.3, 0.4) is 0 Å². The van der Waals surface area contributed by atoms with Gasteiger partial charge < -0.3 is 0 Å². The fourth-order valence-corrected chi connectivity index (χ4v) is 2.06. The molecule has 2 aromatic rings. The molecule has 1 nitrogen and oxygen atoms in total. The molecule has 0 amide bonds. The van der Waals surface area contributed by atoms with E-state index in [0.29, 0.717) is 21.2 Å². The van der Waals surface area contributed by atoms with Gasteiger partial charge in [-0.05, 0) is 65.1 Å². The number of hydrogen-bond donors (Lipinski definition) is 0. The van der Waals surface area contributed by atoms with Crippen molar-refractivity contribution in [3.8, 4) is 0 Å². The molecule has 2 rings (SSSR count). The zero-order valence-corrected chi connectivity index (χ0v) is 12.3. The van der Waals surface area contributed by atoms with E-state index < -0.39 is 0 Å². The first-order valence-corrected chi connectivity index (χ1v) is 6.67. The van der Waals surface area contributed by atoms with Crippen molar-refractivity contribution in [1.29, 1.82) is 0 Å². The lowest BCUT2D eigenvalue weighted by atomic mass is 10.0. The Morgan fingerprint density at radius 1 is 0.882 bits per heavy atom. The summed E-state index contributed by atoms with van der Waals surface area (Å²) in [7, 11) is 0. The average Bonchev–Trinajstić information content (AvgIpc) is 2.33. The van der Waals surface area contributed by atoms with Gasteiger partial charge in [-0.3, -0.25) is 4.79 Å². The van der Waals surface area contributed by atoms with Crippen molar-refractivity contribution in [2.45, 2.75) is 0 Å². The zero-order valence-electron chi connectivity index (χ0n) is 8.58. The minimum Gasteiger partial charge on any atom is -0.289 e. The Bertz CT molecular complexity index is 564. The van der Waals surface area contributed by atoms with E-state index in [-0.39, 0.29) is 5.78 Å². The first-order valence-electron chi connectivity index (χ1n) is 4.83. The predicted molar refractivity (Wildman–Crippen MR) is 79.1 cm³/mol. The minimum absolute atomic E-state index is 0.0556. The summed E-state index contributed by atoms with van der Waals surface area (Å²) in [6.07, 6.45) is 0. The number of carbonyl (C=O) groups excluding carboxylic acids is 1. The Balaban J connectivity index is 2.37. The third-order valence-electron chi connectivity index (χ3n) is 2.29. The summed E-state index contributed by atoms with van der Waals surface area (Å²) in [5, 5.41) is 0.842. The Hall–Kier alpha value is -0.580. The molecule has 0 heterocycles. The Kier molecular flexibility index (Phi) is 4.07. The molecule has 0 aliphatic rings. The summed E-state index contributed by atoms with van der Waals surface area (Å²) in [6.45, 7) is 0. The van der Waals surface area contributed by atoms with Gasteiger partial charge in [0.05, 0.1) is 10.0 Å². The summed E-state index contributed by atoms with van der Waals surface area (Å²) in [5.74, 6) is -0.0556. The lowest BCUT2D eigenvalue weighted by Crippen LogP contribution is -2.00. The molecule has 0 aromatic heterocycles. The van der Waals surface area contributed by atoms with Crippen LogP contribution in [0, 0.1) is 3.57 Å². The van der Waals surface area contributed by atoms with E-state index in [2.05, 4.69) is 22.6 Å². The number of halogens is 3. The smallest absolute Gasteiger partial charge is 0.193 e. The topological polar surface area (TPSA) is 17.1 Å². The fourth-order valence-electron chi connectivity index (χ4n) is 1.41. The molecule has 0 atom stereocenters. The maximum Gasteiger partial charge on any atom is 0.193 e. The molecule has 0 saturated carbocycles. The van der Waals surface area contributed by atoms with E-state index in [1.165, 1.54) is 0 Å². The largest absolute Gasteiger partial charge is 0.289 e. The lowest BCUT2D eigenvalue weighted by molar-refractivity contribution is 0.103. The normalized spacial score (nSPS) is 10.3. The van der Waals surface area contributed by atoms with Gasteiger partial charge in [-0.2, -0.15) is 0 Å². The van der Waals surface area contributed by atoms with Gasteiger partial charge in [-0.1, -0.05) is 23.2 Å². The predicted octanol–water partition coefficient (Wildman–Crippen LogP) is 4.83. The quantitative estimate of drug-likeness (QED) is 0.542. The van der Waals surface area contributed by atoms with Crippen molar-refractivity contribution >= 4 is 51.6 Å². The molecule has 0 spiro atoms. The summed E-state index contributed by atoms with van der Waals surface area (Å²) >= 11 is 13.9. The third kappa shape index (κ3) is 3.00. The second-order valence-corrected chi connectivity index (χ2v) is 5.52. The first-order chi connectivity index (χ1) is 8.08. The van der Waals surface area contributed by atoms with E-state index in [0.717, 1.165) is 3.57 Å². The number of benzene rings is 2. The number of ketones is 1. The minimum atomic E-state index is -0.0556. The fraction of sp³-hybridized carbons (Fsp3) is 0. The summed E-state index contributed by atoms with van der Waals surface area (Å²) in [6, 6.07) is 12.3. The molecule has 0 N–H and O–H groups in total. The average molecular weight is 377 g/mol. The van der Waals surface area contributed by atoms with Gasteiger partial charge in [-0.25, -0.2) is 0 Å². The Labute approximate surface area is 123 Å². The molecule has 4 heteroatoms. The Morgan fingerprint density at radius 3 is 2.06 bits per heavy atom. The van der Waals surface area contributed by atoms with Gasteiger partial charge in [0.25, 0.3) is 0 Å². The second kappa shape index (κ2) is 5.38. The van der Waals surface area contributed by atoms with Gasteiger partial charge in [0, 0.05) is 14.7 Å². The molecule has 2 aromatic carbocycles. The summed E-state index contributed by atoms with van der Waals surface area (Å²) < 4.78 is 1.09. The molecule has 0 bridgehead atoms. The van der Waals surface area contributed by atoms with Crippen molar-refractivity contribution in [1.82, 2.24) is 0 Å². The van der Waals surface area contributed by atoms with Crippen molar-refractivity contribution in [2.75, 3.05) is 0 Å². The highest BCUT2D eigenvalue weighted by atomic mass is 127. The zero-order chi connectivity index (χ0) is 12.4. The van der Waals surface area contributed by atoms with Gasteiger partial charge in [0.1, 0.15) is 0 Å². The van der Waals surface area contributed by atoms with Crippen LogP contribution in [0.15, 0.2) is 42.5 Å². The van der Waals surface area contributed by atoms with Crippen LogP contribution in [0.25, 0.3) is 0 Å². The van der Waals surface area contributed by atoms with Crippen LogP contribution < -0.4 is 0 Å². The van der Waals surface area contributed by atoms with Crippen LogP contribution in [0.5, 0.6) is 0 Å². The van der Waals surface area contributed by atoms with Crippen LogP contribution in [0.4, 0.5) is 0 Å².